The van der Waals surface area contributed by atoms with Crippen molar-refractivity contribution < 1.29 is 27.1 Å². The number of benzene rings is 1. The van der Waals surface area contributed by atoms with Gasteiger partial charge in [0.25, 0.3) is 5.91 Å². The van der Waals surface area contributed by atoms with E-state index in [1.807, 2.05) is 6.92 Å². The highest BCUT2D eigenvalue weighted by Gasteiger charge is 2.31. The van der Waals surface area contributed by atoms with Gasteiger partial charge in [-0.1, -0.05) is 24.8 Å². The second-order valence-corrected chi connectivity index (χ2v) is 7.67. The molecule has 35 heavy (non-hydrogen) atoms. The predicted molar refractivity (Wildman–Crippen MR) is 127 cm³/mol. The van der Waals surface area contributed by atoms with Crippen LogP contribution in [0.15, 0.2) is 35.6 Å². The molecule has 0 radical (unpaired) electrons. The minimum Gasteiger partial charge on any atom is -0.475 e. The van der Waals surface area contributed by atoms with Crippen LogP contribution in [-0.4, -0.2) is 48.2 Å². The van der Waals surface area contributed by atoms with Crippen LogP contribution in [0.2, 0.25) is 0 Å². The smallest absolute Gasteiger partial charge is 0.417 e. The average Bonchev–Trinajstić information content (AvgIpc) is 2.82. The van der Waals surface area contributed by atoms with E-state index < -0.39 is 29.5 Å². The molecule has 10 heteroatoms. The number of hydrogen-bond acceptors (Lipinski definition) is 5. The van der Waals surface area contributed by atoms with E-state index in [0.29, 0.717) is 18.2 Å². The fraction of sp³-hybridized carbons (Fsp3) is 0.400. The van der Waals surface area contributed by atoms with Crippen molar-refractivity contribution in [1.29, 1.82) is 0 Å². The van der Waals surface area contributed by atoms with E-state index >= 15 is 4.39 Å². The third-order valence-corrected chi connectivity index (χ3v) is 5.12. The minimum atomic E-state index is -4.50. The molecule has 0 saturated heterocycles. The predicted octanol–water partition coefficient (Wildman–Crippen LogP) is 5.31. The van der Waals surface area contributed by atoms with Crippen LogP contribution in [0, 0.1) is 24.6 Å². The second-order valence-electron chi connectivity index (χ2n) is 7.67. The molecule has 1 aromatic heterocycles. The summed E-state index contributed by atoms with van der Waals surface area (Å²) in [6.07, 6.45) is -1.79. The summed E-state index contributed by atoms with van der Waals surface area (Å²) in [5, 5.41) is 5.54. The molecule has 0 bridgehead atoms. The van der Waals surface area contributed by atoms with E-state index in [1.54, 1.807) is 40.0 Å². The van der Waals surface area contributed by atoms with Gasteiger partial charge in [-0.25, -0.2) is 9.37 Å². The minimum absolute atomic E-state index is 0.0157. The standard InChI is InChI=1S/C25H28F4N4O2/c1-6-8-9-14-31-32(5)20-12-10-17(3)23(26)22(20)24(34)33(7-2)18(4)16-35-21-13-11-19(15-30-21)25(27,28)29/h10-15,18H,6-7,16H2,1-5H3/b31-14-/t18-/m0/s1. The summed E-state index contributed by atoms with van der Waals surface area (Å²) in [6, 6.07) is 4.61. The summed E-state index contributed by atoms with van der Waals surface area (Å²) in [4.78, 5) is 18.5. The first-order valence-electron chi connectivity index (χ1n) is 11.0. The van der Waals surface area contributed by atoms with Crippen molar-refractivity contribution in [3.8, 4) is 17.7 Å². The number of carbonyl (C=O) groups excluding carboxylic acids is 1. The molecular weight excluding hydrogens is 464 g/mol. The number of aromatic nitrogens is 1. The molecule has 1 aromatic carbocycles. The fourth-order valence-corrected chi connectivity index (χ4v) is 3.20. The van der Waals surface area contributed by atoms with Gasteiger partial charge < -0.3 is 9.64 Å². The first kappa shape index (κ1) is 27.6. The largest absolute Gasteiger partial charge is 0.475 e. The molecule has 0 spiro atoms. The number of carbonyl (C=O) groups is 1. The van der Waals surface area contributed by atoms with Gasteiger partial charge in [-0.05, 0) is 38.5 Å². The fourth-order valence-electron chi connectivity index (χ4n) is 3.20. The van der Waals surface area contributed by atoms with Gasteiger partial charge in [-0.2, -0.15) is 18.3 Å². The zero-order chi connectivity index (χ0) is 26.2. The molecule has 1 amide bonds. The van der Waals surface area contributed by atoms with E-state index in [-0.39, 0.29) is 30.3 Å². The number of likely N-dealkylation sites (N-methyl/N-ethyl adjacent to an activating group) is 1. The zero-order valence-electron chi connectivity index (χ0n) is 20.3. The summed E-state index contributed by atoms with van der Waals surface area (Å²) in [6.45, 7) is 7.08. The number of nitrogens with zero attached hydrogens (tertiary/aromatic N) is 4. The van der Waals surface area contributed by atoms with Gasteiger partial charge in [0.2, 0.25) is 5.88 Å². The van der Waals surface area contributed by atoms with Crippen LogP contribution in [0.25, 0.3) is 0 Å². The van der Waals surface area contributed by atoms with Crippen molar-refractivity contribution in [2.75, 3.05) is 25.2 Å². The maximum Gasteiger partial charge on any atom is 0.417 e. The van der Waals surface area contributed by atoms with Crippen molar-refractivity contribution in [1.82, 2.24) is 9.88 Å². The molecule has 2 aromatic rings. The first-order valence-corrected chi connectivity index (χ1v) is 11.0. The number of pyridine rings is 1. The molecule has 0 N–H and O–H groups in total. The van der Waals surface area contributed by atoms with Gasteiger partial charge >= 0.3 is 6.18 Å². The molecule has 0 aliphatic carbocycles. The normalized spacial score (nSPS) is 12.1. The third kappa shape index (κ3) is 7.18. The van der Waals surface area contributed by atoms with Crippen molar-refractivity contribution >= 4 is 17.8 Å². The first-order chi connectivity index (χ1) is 16.5. The Labute approximate surface area is 202 Å². The maximum absolute atomic E-state index is 15.2. The van der Waals surface area contributed by atoms with Crippen LogP contribution < -0.4 is 9.75 Å². The summed E-state index contributed by atoms with van der Waals surface area (Å²) >= 11 is 0. The van der Waals surface area contributed by atoms with Crippen LogP contribution in [-0.2, 0) is 6.18 Å². The van der Waals surface area contributed by atoms with E-state index in [9.17, 15) is 18.0 Å². The monoisotopic (exact) mass is 492 g/mol. The lowest BCUT2D eigenvalue weighted by Crippen LogP contribution is -2.42. The van der Waals surface area contributed by atoms with Crippen molar-refractivity contribution in [3.63, 3.8) is 0 Å². The number of hydrogen-bond donors (Lipinski definition) is 0. The molecule has 1 atom stereocenters. The quantitative estimate of drug-likeness (QED) is 0.217. The molecule has 0 fully saturated rings. The van der Waals surface area contributed by atoms with Crippen LogP contribution in [0.4, 0.5) is 23.2 Å². The molecular formula is C25H28F4N4O2. The number of anilines is 1. The van der Waals surface area contributed by atoms with Crippen LogP contribution in [0.1, 0.15) is 48.7 Å². The Morgan fingerprint density at radius 2 is 1.97 bits per heavy atom. The Morgan fingerprint density at radius 3 is 2.54 bits per heavy atom. The lowest BCUT2D eigenvalue weighted by atomic mass is 10.1. The van der Waals surface area contributed by atoms with Gasteiger partial charge in [-0.15, -0.1) is 0 Å². The van der Waals surface area contributed by atoms with Crippen molar-refractivity contribution in [3.05, 3.63) is 53.0 Å². The average molecular weight is 493 g/mol. The molecule has 188 valence electrons. The summed E-state index contributed by atoms with van der Waals surface area (Å²) in [5.41, 5.74) is -0.467. The van der Waals surface area contributed by atoms with Gasteiger partial charge in [0.05, 0.1) is 23.5 Å². The Balaban J connectivity index is 2.25. The SMILES string of the molecule is CCC#C/C=N\N(C)c1ccc(C)c(F)c1C(=O)N(CC)[C@@H](C)COc1ccc(C(F)(F)F)cn1. The highest BCUT2D eigenvalue weighted by molar-refractivity contribution is 6.00. The van der Waals surface area contributed by atoms with Crippen LogP contribution >= 0.6 is 0 Å². The van der Waals surface area contributed by atoms with E-state index in [2.05, 4.69) is 21.9 Å². The van der Waals surface area contributed by atoms with Gasteiger partial charge in [0.1, 0.15) is 18.0 Å². The summed E-state index contributed by atoms with van der Waals surface area (Å²) < 4.78 is 58.8. The Kier molecular flexibility index (Phi) is 9.63. The Hall–Kier alpha value is -3.61. The lowest BCUT2D eigenvalue weighted by molar-refractivity contribution is -0.137. The van der Waals surface area contributed by atoms with E-state index in [1.165, 1.54) is 16.1 Å². The van der Waals surface area contributed by atoms with E-state index in [0.717, 1.165) is 12.1 Å². The highest BCUT2D eigenvalue weighted by Crippen LogP contribution is 2.30. The summed E-state index contributed by atoms with van der Waals surface area (Å²) in [5.74, 6) is 4.35. The topological polar surface area (TPSA) is 58.0 Å². The molecule has 0 aliphatic heterocycles. The maximum atomic E-state index is 15.2. The number of alkyl halides is 3. The number of halogens is 4. The lowest BCUT2D eigenvalue weighted by Gasteiger charge is -2.29. The Morgan fingerprint density at radius 1 is 1.26 bits per heavy atom. The zero-order valence-corrected chi connectivity index (χ0v) is 20.3. The molecule has 0 unspecified atom stereocenters. The third-order valence-electron chi connectivity index (χ3n) is 5.12. The van der Waals surface area contributed by atoms with Gasteiger partial charge in [0, 0.05) is 32.3 Å². The number of rotatable bonds is 8. The van der Waals surface area contributed by atoms with Gasteiger partial charge in [-0.3, -0.25) is 9.80 Å². The summed E-state index contributed by atoms with van der Waals surface area (Å²) in [7, 11) is 1.59. The molecule has 1 heterocycles. The molecule has 0 aliphatic rings. The van der Waals surface area contributed by atoms with Crippen molar-refractivity contribution in [2.24, 2.45) is 5.10 Å². The van der Waals surface area contributed by atoms with Crippen molar-refractivity contribution in [2.45, 2.75) is 46.3 Å². The highest BCUT2D eigenvalue weighted by atomic mass is 19.4. The number of aryl methyl sites for hydroxylation is 1. The molecule has 2 rings (SSSR count). The molecule has 6 nitrogen and oxygen atoms in total. The second kappa shape index (κ2) is 12.2. The van der Waals surface area contributed by atoms with Crippen LogP contribution in [0.3, 0.4) is 0 Å². The molecule has 0 saturated carbocycles. The number of hydrazone groups is 1. The van der Waals surface area contributed by atoms with E-state index in [4.69, 9.17) is 4.74 Å². The number of ether oxygens (including phenoxy) is 1. The number of amides is 1. The van der Waals surface area contributed by atoms with Gasteiger partial charge in [0.15, 0.2) is 0 Å². The van der Waals surface area contributed by atoms with Crippen LogP contribution in [0.5, 0.6) is 5.88 Å². The Bertz CT molecular complexity index is 1110.